The molecule has 5 rings (SSSR count). The molecule has 1 aromatic heterocycles. The molecule has 2 heterocycles. The van der Waals surface area contributed by atoms with Crippen LogP contribution in [0.1, 0.15) is 56.9 Å². The van der Waals surface area contributed by atoms with E-state index < -0.39 is 0 Å². The molecular weight excluding hydrogens is 338 g/mol. The number of Topliss-reactive ketones (excluding diaryl/α,β-unsaturated/α-hetero) is 2. The highest BCUT2D eigenvalue weighted by molar-refractivity contribution is 6.07. The second-order valence-corrected chi connectivity index (χ2v) is 7.65. The molecule has 2 aliphatic carbocycles. The van der Waals surface area contributed by atoms with Crippen molar-refractivity contribution < 1.29 is 14.3 Å². The van der Waals surface area contributed by atoms with Crippen LogP contribution in [0.25, 0.3) is 10.9 Å². The standard InChI is InChI=1S/C23H23NO3/c1-2-24-13-15(14-7-3-4-8-16(14)24)21-22-17(25)9-5-11-19(22)27-20-12-6-10-18(26)23(20)21/h3-4,7-8,13,21H,2,5-6,9-12H2,1H3. The fraction of sp³-hybridized carbons (Fsp3) is 0.391. The summed E-state index contributed by atoms with van der Waals surface area (Å²) in [5.41, 5.74) is 3.68. The Balaban J connectivity index is 1.80. The third-order valence-corrected chi connectivity index (χ3v) is 6.11. The molecule has 0 saturated heterocycles. The summed E-state index contributed by atoms with van der Waals surface area (Å²) in [6.45, 7) is 2.97. The average molecular weight is 361 g/mol. The smallest absolute Gasteiger partial charge is 0.163 e. The van der Waals surface area contributed by atoms with Crippen LogP contribution < -0.4 is 0 Å². The van der Waals surface area contributed by atoms with Crippen LogP contribution >= 0.6 is 0 Å². The van der Waals surface area contributed by atoms with E-state index in [4.69, 9.17) is 4.74 Å². The zero-order chi connectivity index (χ0) is 18.5. The molecule has 0 N–H and O–H groups in total. The van der Waals surface area contributed by atoms with E-state index in [2.05, 4.69) is 29.8 Å². The number of aromatic nitrogens is 1. The van der Waals surface area contributed by atoms with E-state index >= 15 is 0 Å². The minimum Gasteiger partial charge on any atom is -0.465 e. The van der Waals surface area contributed by atoms with Crippen molar-refractivity contribution in [3.05, 3.63) is 58.7 Å². The zero-order valence-corrected chi connectivity index (χ0v) is 15.6. The number of ether oxygens (including phenoxy) is 1. The number of para-hydroxylation sites is 1. The van der Waals surface area contributed by atoms with Gasteiger partial charge in [-0.25, -0.2) is 0 Å². The normalized spacial score (nSPS) is 20.8. The molecule has 4 heteroatoms. The van der Waals surface area contributed by atoms with Crippen LogP contribution in [-0.2, 0) is 20.9 Å². The number of fused-ring (bicyclic) bond motifs is 1. The first-order valence-corrected chi connectivity index (χ1v) is 9.97. The quantitative estimate of drug-likeness (QED) is 0.773. The van der Waals surface area contributed by atoms with E-state index in [1.165, 1.54) is 0 Å². The van der Waals surface area contributed by atoms with E-state index in [0.717, 1.165) is 71.4 Å². The molecule has 138 valence electrons. The minimum atomic E-state index is -0.276. The van der Waals surface area contributed by atoms with Crippen molar-refractivity contribution in [1.29, 1.82) is 0 Å². The van der Waals surface area contributed by atoms with Gasteiger partial charge in [-0.2, -0.15) is 0 Å². The second kappa shape index (κ2) is 6.22. The van der Waals surface area contributed by atoms with Crippen LogP contribution in [0.4, 0.5) is 0 Å². The van der Waals surface area contributed by atoms with Crippen LogP contribution in [0.5, 0.6) is 0 Å². The Morgan fingerprint density at radius 1 is 0.963 bits per heavy atom. The number of benzene rings is 1. The van der Waals surface area contributed by atoms with E-state index in [-0.39, 0.29) is 17.5 Å². The van der Waals surface area contributed by atoms with Gasteiger partial charge < -0.3 is 9.30 Å². The van der Waals surface area contributed by atoms with Gasteiger partial charge in [-0.05, 0) is 31.4 Å². The van der Waals surface area contributed by atoms with Crippen LogP contribution in [-0.4, -0.2) is 16.1 Å². The van der Waals surface area contributed by atoms with Crippen molar-refractivity contribution in [2.75, 3.05) is 0 Å². The summed E-state index contributed by atoms with van der Waals surface area (Å²) >= 11 is 0. The molecule has 27 heavy (non-hydrogen) atoms. The third kappa shape index (κ3) is 2.43. The molecule has 1 aliphatic heterocycles. The maximum absolute atomic E-state index is 12.9. The Morgan fingerprint density at radius 3 is 2.22 bits per heavy atom. The number of hydrogen-bond donors (Lipinski definition) is 0. The lowest BCUT2D eigenvalue weighted by molar-refractivity contribution is -0.117. The van der Waals surface area contributed by atoms with Crippen LogP contribution in [0.2, 0.25) is 0 Å². The number of aryl methyl sites for hydroxylation is 1. The Labute approximate surface area is 158 Å². The maximum Gasteiger partial charge on any atom is 0.163 e. The Bertz CT molecular complexity index is 995. The van der Waals surface area contributed by atoms with E-state index in [1.807, 2.05) is 12.1 Å². The Morgan fingerprint density at radius 2 is 1.59 bits per heavy atom. The molecule has 1 aromatic carbocycles. The Hall–Kier alpha value is -2.62. The molecular formula is C23H23NO3. The predicted octanol–water partition coefficient (Wildman–Crippen LogP) is 4.79. The van der Waals surface area contributed by atoms with Gasteiger partial charge in [0.15, 0.2) is 11.6 Å². The summed E-state index contributed by atoms with van der Waals surface area (Å²) in [5, 5.41) is 1.13. The largest absolute Gasteiger partial charge is 0.465 e. The molecule has 0 unspecified atom stereocenters. The van der Waals surface area contributed by atoms with E-state index in [1.54, 1.807) is 0 Å². The summed E-state index contributed by atoms with van der Waals surface area (Å²) in [5.74, 6) is 1.61. The third-order valence-electron chi connectivity index (χ3n) is 6.11. The van der Waals surface area contributed by atoms with Crippen molar-refractivity contribution >= 4 is 22.5 Å². The molecule has 0 atom stereocenters. The van der Waals surface area contributed by atoms with Crippen LogP contribution in [0.15, 0.2) is 53.1 Å². The summed E-state index contributed by atoms with van der Waals surface area (Å²) in [6.07, 6.45) is 6.46. The number of carbonyl (C=O) groups excluding carboxylic acids is 2. The molecule has 0 bridgehead atoms. The van der Waals surface area contributed by atoms with Gasteiger partial charge >= 0.3 is 0 Å². The second-order valence-electron chi connectivity index (χ2n) is 7.65. The molecule has 4 nitrogen and oxygen atoms in total. The molecule has 0 fully saturated rings. The van der Waals surface area contributed by atoms with E-state index in [9.17, 15) is 9.59 Å². The first-order chi connectivity index (χ1) is 13.2. The maximum atomic E-state index is 12.9. The number of carbonyl (C=O) groups is 2. The summed E-state index contributed by atoms with van der Waals surface area (Å²) < 4.78 is 8.35. The van der Waals surface area contributed by atoms with Gasteiger partial charge in [-0.3, -0.25) is 9.59 Å². The molecule has 0 amide bonds. The SMILES string of the molecule is CCn1cc(C2C3=C(CCCC3=O)OC3=C2C(=O)CCC3)c2ccccc21. The highest BCUT2D eigenvalue weighted by Gasteiger charge is 2.42. The fourth-order valence-corrected chi connectivity index (χ4v) is 4.90. The predicted molar refractivity (Wildman–Crippen MR) is 103 cm³/mol. The number of hydrogen-bond acceptors (Lipinski definition) is 3. The van der Waals surface area contributed by atoms with Gasteiger partial charge in [0.2, 0.25) is 0 Å². The van der Waals surface area contributed by atoms with Crippen molar-refractivity contribution in [2.24, 2.45) is 0 Å². The van der Waals surface area contributed by atoms with Gasteiger partial charge in [0.25, 0.3) is 0 Å². The van der Waals surface area contributed by atoms with Gasteiger partial charge in [-0.1, -0.05) is 18.2 Å². The van der Waals surface area contributed by atoms with Gasteiger partial charge in [0, 0.05) is 66.4 Å². The highest BCUT2D eigenvalue weighted by atomic mass is 16.5. The average Bonchev–Trinajstić information content (AvgIpc) is 3.05. The topological polar surface area (TPSA) is 48.3 Å². The summed E-state index contributed by atoms with van der Waals surface area (Å²) in [7, 11) is 0. The molecule has 2 aromatic rings. The minimum absolute atomic E-state index is 0.138. The number of allylic oxidation sites excluding steroid dienone is 4. The molecule has 0 radical (unpaired) electrons. The monoisotopic (exact) mass is 361 g/mol. The van der Waals surface area contributed by atoms with E-state index in [0.29, 0.717) is 12.8 Å². The van der Waals surface area contributed by atoms with Gasteiger partial charge in [-0.15, -0.1) is 0 Å². The first-order valence-electron chi connectivity index (χ1n) is 9.97. The first kappa shape index (κ1) is 16.5. The van der Waals surface area contributed by atoms with Crippen molar-refractivity contribution in [3.63, 3.8) is 0 Å². The lowest BCUT2D eigenvalue weighted by Crippen LogP contribution is -2.30. The lowest BCUT2D eigenvalue weighted by Gasteiger charge is -2.35. The summed E-state index contributed by atoms with van der Waals surface area (Å²) in [4.78, 5) is 25.9. The lowest BCUT2D eigenvalue weighted by atomic mass is 9.73. The molecule has 3 aliphatic rings. The number of nitrogens with zero attached hydrogens (tertiary/aromatic N) is 1. The van der Waals surface area contributed by atoms with Crippen LogP contribution in [0.3, 0.4) is 0 Å². The molecule has 0 saturated carbocycles. The highest BCUT2D eigenvalue weighted by Crippen LogP contribution is 2.49. The van der Waals surface area contributed by atoms with Gasteiger partial charge in [0.1, 0.15) is 11.5 Å². The number of rotatable bonds is 2. The van der Waals surface area contributed by atoms with Crippen LogP contribution in [0, 0.1) is 0 Å². The fourth-order valence-electron chi connectivity index (χ4n) is 4.90. The van der Waals surface area contributed by atoms with Gasteiger partial charge in [0.05, 0.1) is 0 Å². The van der Waals surface area contributed by atoms with Crippen molar-refractivity contribution in [2.45, 2.75) is 57.9 Å². The zero-order valence-electron chi connectivity index (χ0n) is 15.6. The van der Waals surface area contributed by atoms with Crippen molar-refractivity contribution in [1.82, 2.24) is 4.57 Å². The van der Waals surface area contributed by atoms with Crippen molar-refractivity contribution in [3.8, 4) is 0 Å². The number of ketones is 2. The summed E-state index contributed by atoms with van der Waals surface area (Å²) in [6, 6.07) is 8.28. The molecule has 0 spiro atoms. The Kier molecular flexibility index (Phi) is 3.81.